The molecule has 1 aliphatic carbocycles. The van der Waals surface area contributed by atoms with Gasteiger partial charge in [0.05, 0.1) is 0 Å². The molecule has 1 aliphatic rings. The molecule has 0 aromatic carbocycles. The molecule has 0 heterocycles. The highest BCUT2D eigenvalue weighted by atomic mass is 19.3. The van der Waals surface area contributed by atoms with Gasteiger partial charge in [0, 0.05) is 17.8 Å². The number of rotatable bonds is 1. The molecule has 11 heavy (non-hydrogen) atoms. The van der Waals surface area contributed by atoms with Crippen molar-refractivity contribution in [2.45, 2.75) is 20.3 Å². The lowest BCUT2D eigenvalue weighted by Gasteiger charge is -2.40. The molecule has 0 bridgehead atoms. The van der Waals surface area contributed by atoms with Gasteiger partial charge in [-0.25, -0.2) is 0 Å². The molecule has 3 heteroatoms. The molecule has 1 saturated carbocycles. The van der Waals surface area contributed by atoms with E-state index in [0.717, 1.165) is 6.08 Å². The van der Waals surface area contributed by atoms with Crippen molar-refractivity contribution >= 4 is 5.78 Å². The first kappa shape index (κ1) is 8.37. The van der Waals surface area contributed by atoms with Gasteiger partial charge >= 0.3 is 0 Å². The smallest absolute Gasteiger partial charge is 0.266 e. The summed E-state index contributed by atoms with van der Waals surface area (Å²) in [6.45, 7) is 3.39. The SMILES string of the molecule is CC1(C)C(=O)CC1C=C(F)F. The number of halogens is 2. The molecule has 0 saturated heterocycles. The molecule has 1 nitrogen and oxygen atoms in total. The summed E-state index contributed by atoms with van der Waals surface area (Å²) in [5.74, 6) is -0.194. The fourth-order valence-corrected chi connectivity index (χ4v) is 1.21. The first-order valence-electron chi connectivity index (χ1n) is 3.50. The average molecular weight is 160 g/mol. The van der Waals surface area contributed by atoms with Crippen molar-refractivity contribution in [3.8, 4) is 0 Å². The molecule has 0 aromatic rings. The quantitative estimate of drug-likeness (QED) is 0.575. The van der Waals surface area contributed by atoms with Crippen molar-refractivity contribution in [3.63, 3.8) is 0 Å². The summed E-state index contributed by atoms with van der Waals surface area (Å²) in [4.78, 5) is 10.9. The molecular weight excluding hydrogens is 150 g/mol. The Kier molecular flexibility index (Phi) is 1.82. The molecule has 0 N–H and O–H groups in total. The van der Waals surface area contributed by atoms with Crippen LogP contribution in [0.1, 0.15) is 20.3 Å². The van der Waals surface area contributed by atoms with Crippen LogP contribution in [-0.4, -0.2) is 5.78 Å². The van der Waals surface area contributed by atoms with Crippen LogP contribution in [0.3, 0.4) is 0 Å². The molecule has 0 aromatic heterocycles. The summed E-state index contributed by atoms with van der Waals surface area (Å²) in [6, 6.07) is 0. The van der Waals surface area contributed by atoms with E-state index < -0.39 is 11.5 Å². The van der Waals surface area contributed by atoms with Gasteiger partial charge < -0.3 is 0 Å². The van der Waals surface area contributed by atoms with E-state index in [1.807, 2.05) is 0 Å². The first-order chi connectivity index (χ1) is 4.94. The predicted molar refractivity (Wildman–Crippen MR) is 37.2 cm³/mol. The third kappa shape index (κ3) is 1.32. The fraction of sp³-hybridized carbons (Fsp3) is 0.625. The van der Waals surface area contributed by atoms with Gasteiger partial charge in [-0.3, -0.25) is 4.79 Å². The minimum Gasteiger partial charge on any atom is -0.299 e. The van der Waals surface area contributed by atoms with Gasteiger partial charge in [-0.1, -0.05) is 13.8 Å². The van der Waals surface area contributed by atoms with E-state index in [2.05, 4.69) is 0 Å². The Morgan fingerprint density at radius 2 is 2.18 bits per heavy atom. The maximum Gasteiger partial charge on any atom is 0.266 e. The Balaban J connectivity index is 2.68. The van der Waals surface area contributed by atoms with E-state index in [9.17, 15) is 13.6 Å². The van der Waals surface area contributed by atoms with E-state index in [0.29, 0.717) is 0 Å². The molecule has 1 unspecified atom stereocenters. The summed E-state index contributed by atoms with van der Waals surface area (Å²) in [7, 11) is 0. The van der Waals surface area contributed by atoms with Crippen LogP contribution in [0.2, 0.25) is 0 Å². The van der Waals surface area contributed by atoms with E-state index in [1.54, 1.807) is 13.8 Å². The Labute approximate surface area is 64.1 Å². The van der Waals surface area contributed by atoms with Crippen LogP contribution in [0.5, 0.6) is 0 Å². The maximum atomic E-state index is 11.7. The van der Waals surface area contributed by atoms with Crippen LogP contribution in [0.25, 0.3) is 0 Å². The molecule has 0 spiro atoms. The standard InChI is InChI=1S/C8H10F2O/c1-8(2)5(3-6(8)11)4-7(9)10/h4-5H,3H2,1-2H3. The summed E-state index contributed by atoms with van der Waals surface area (Å²) < 4.78 is 23.5. The molecule has 0 aliphatic heterocycles. The van der Waals surface area contributed by atoms with Crippen LogP contribution in [-0.2, 0) is 4.79 Å². The lowest BCUT2D eigenvalue weighted by molar-refractivity contribution is -0.139. The highest BCUT2D eigenvalue weighted by molar-refractivity contribution is 5.91. The molecular formula is C8H10F2O. The number of carbonyl (C=O) groups is 1. The van der Waals surface area contributed by atoms with Gasteiger partial charge in [0.25, 0.3) is 6.08 Å². The molecule has 1 rings (SSSR count). The number of ketones is 1. The average Bonchev–Trinajstić information content (AvgIpc) is 1.87. The van der Waals surface area contributed by atoms with E-state index in [-0.39, 0.29) is 18.1 Å². The normalized spacial score (nSPS) is 27.6. The third-order valence-electron chi connectivity index (χ3n) is 2.38. The Hall–Kier alpha value is -0.730. The third-order valence-corrected chi connectivity index (χ3v) is 2.38. The van der Waals surface area contributed by atoms with Gasteiger partial charge in [0.15, 0.2) is 0 Å². The van der Waals surface area contributed by atoms with Crippen LogP contribution in [0.15, 0.2) is 12.2 Å². The lowest BCUT2D eigenvalue weighted by atomic mass is 9.61. The summed E-state index contributed by atoms with van der Waals surface area (Å²) in [5, 5.41) is 0. The lowest BCUT2D eigenvalue weighted by Crippen LogP contribution is -2.44. The molecule has 0 amide bonds. The Morgan fingerprint density at radius 3 is 2.45 bits per heavy atom. The predicted octanol–water partition coefficient (Wildman–Crippen LogP) is 2.38. The minimum atomic E-state index is -1.68. The second-order valence-electron chi connectivity index (χ2n) is 3.41. The highest BCUT2D eigenvalue weighted by Crippen LogP contribution is 2.43. The minimum absolute atomic E-state index is 0.0694. The van der Waals surface area contributed by atoms with Crippen molar-refractivity contribution < 1.29 is 13.6 Å². The molecule has 62 valence electrons. The number of hydrogen-bond donors (Lipinski definition) is 0. The van der Waals surface area contributed by atoms with Crippen molar-refractivity contribution in [2.75, 3.05) is 0 Å². The molecule has 1 atom stereocenters. The van der Waals surface area contributed by atoms with Gasteiger partial charge in [0.1, 0.15) is 5.78 Å². The number of allylic oxidation sites excluding steroid dienone is 1. The summed E-state index contributed by atoms with van der Waals surface area (Å²) in [5.41, 5.74) is -0.566. The first-order valence-corrected chi connectivity index (χ1v) is 3.50. The zero-order valence-corrected chi connectivity index (χ0v) is 6.53. The van der Waals surface area contributed by atoms with Crippen molar-refractivity contribution in [3.05, 3.63) is 12.2 Å². The second kappa shape index (κ2) is 2.40. The van der Waals surface area contributed by atoms with Crippen LogP contribution in [0.4, 0.5) is 8.78 Å². The number of carbonyl (C=O) groups excluding carboxylic acids is 1. The fourth-order valence-electron chi connectivity index (χ4n) is 1.21. The Morgan fingerprint density at radius 1 is 1.64 bits per heavy atom. The highest BCUT2D eigenvalue weighted by Gasteiger charge is 2.46. The largest absolute Gasteiger partial charge is 0.299 e. The zero-order chi connectivity index (χ0) is 8.65. The number of hydrogen-bond acceptors (Lipinski definition) is 1. The molecule has 1 fully saturated rings. The van der Waals surface area contributed by atoms with Crippen molar-refractivity contribution in [1.82, 2.24) is 0 Å². The topological polar surface area (TPSA) is 17.1 Å². The zero-order valence-electron chi connectivity index (χ0n) is 6.53. The summed E-state index contributed by atoms with van der Waals surface area (Å²) >= 11 is 0. The van der Waals surface area contributed by atoms with E-state index in [1.165, 1.54) is 0 Å². The monoisotopic (exact) mass is 160 g/mol. The summed E-state index contributed by atoms with van der Waals surface area (Å²) in [6.07, 6.45) is -0.540. The van der Waals surface area contributed by atoms with Crippen LogP contribution < -0.4 is 0 Å². The van der Waals surface area contributed by atoms with Crippen LogP contribution in [0, 0.1) is 11.3 Å². The van der Waals surface area contributed by atoms with Crippen molar-refractivity contribution in [2.24, 2.45) is 11.3 Å². The van der Waals surface area contributed by atoms with Crippen molar-refractivity contribution in [1.29, 1.82) is 0 Å². The van der Waals surface area contributed by atoms with Gasteiger partial charge in [-0.2, -0.15) is 8.78 Å². The van der Waals surface area contributed by atoms with Gasteiger partial charge in [-0.15, -0.1) is 0 Å². The second-order valence-corrected chi connectivity index (χ2v) is 3.41. The Bertz CT molecular complexity index is 214. The molecule has 0 radical (unpaired) electrons. The number of Topliss-reactive ketones (excluding diaryl/α,β-unsaturated/α-hetero) is 1. The van der Waals surface area contributed by atoms with Gasteiger partial charge in [-0.05, 0) is 6.08 Å². The van der Waals surface area contributed by atoms with Crippen LogP contribution >= 0.6 is 0 Å². The van der Waals surface area contributed by atoms with E-state index >= 15 is 0 Å². The van der Waals surface area contributed by atoms with E-state index in [4.69, 9.17) is 0 Å². The van der Waals surface area contributed by atoms with Gasteiger partial charge in [0.2, 0.25) is 0 Å². The maximum absolute atomic E-state index is 11.7.